The van der Waals surface area contributed by atoms with Crippen LogP contribution in [0.4, 0.5) is 5.69 Å². The molecule has 6 nitrogen and oxygen atoms in total. The highest BCUT2D eigenvalue weighted by atomic mass is 32.2. The Bertz CT molecular complexity index is 1440. The molecule has 0 bridgehead atoms. The second-order valence-corrected chi connectivity index (χ2v) is 12.3. The molecule has 6 rings (SSSR count). The lowest BCUT2D eigenvalue weighted by Gasteiger charge is -2.37. The first kappa shape index (κ1) is 22.9. The molecule has 8 heteroatoms. The van der Waals surface area contributed by atoms with Gasteiger partial charge in [0.25, 0.3) is 0 Å². The highest BCUT2D eigenvalue weighted by molar-refractivity contribution is 7.89. The fraction of sp³-hybridized carbons (Fsp3) is 0.370. The number of hydrogen-bond acceptors (Lipinski definition) is 6. The molecule has 0 amide bonds. The lowest BCUT2D eigenvalue weighted by Crippen LogP contribution is -2.47. The van der Waals surface area contributed by atoms with Crippen LogP contribution in [0.15, 0.2) is 71.1 Å². The molecule has 0 N–H and O–H groups in total. The number of fused-ring (bicyclic) bond motifs is 2. The molecule has 35 heavy (non-hydrogen) atoms. The monoisotopic (exact) mass is 506 g/mol. The minimum atomic E-state index is -3.55. The minimum Gasteiger partial charge on any atom is -0.368 e. The van der Waals surface area contributed by atoms with E-state index >= 15 is 0 Å². The van der Waals surface area contributed by atoms with E-state index in [0.717, 1.165) is 62.9 Å². The van der Waals surface area contributed by atoms with Gasteiger partial charge in [0.2, 0.25) is 10.0 Å². The number of benzene rings is 2. The molecule has 0 aliphatic carbocycles. The van der Waals surface area contributed by atoms with Crippen molar-refractivity contribution in [3.63, 3.8) is 0 Å². The maximum Gasteiger partial charge on any atom is 0.244 e. The Labute approximate surface area is 210 Å². The van der Waals surface area contributed by atoms with Crippen LogP contribution in [0.25, 0.3) is 21.0 Å². The molecule has 2 aromatic carbocycles. The zero-order chi connectivity index (χ0) is 23.8. The average molecular weight is 507 g/mol. The summed E-state index contributed by atoms with van der Waals surface area (Å²) in [5.74, 6) is 0. The topological polar surface area (TPSA) is 56.8 Å². The maximum atomic E-state index is 13.5. The Kier molecular flexibility index (Phi) is 6.22. The van der Waals surface area contributed by atoms with Crippen molar-refractivity contribution in [3.05, 3.63) is 66.2 Å². The molecule has 1 atom stereocenters. The first-order valence-corrected chi connectivity index (χ1v) is 14.7. The van der Waals surface area contributed by atoms with Crippen LogP contribution < -0.4 is 4.90 Å². The van der Waals surface area contributed by atoms with E-state index in [9.17, 15) is 8.42 Å². The molecule has 1 unspecified atom stereocenters. The van der Waals surface area contributed by atoms with Crippen molar-refractivity contribution in [2.45, 2.75) is 30.2 Å². The lowest BCUT2D eigenvalue weighted by atomic mass is 10.1. The van der Waals surface area contributed by atoms with E-state index in [2.05, 4.69) is 44.4 Å². The summed E-state index contributed by atoms with van der Waals surface area (Å²) in [6.45, 7) is 5.55. The van der Waals surface area contributed by atoms with Gasteiger partial charge in [0.15, 0.2) is 0 Å². The second kappa shape index (κ2) is 9.50. The molecule has 2 saturated heterocycles. The second-order valence-electron chi connectivity index (χ2n) is 9.50. The normalized spacial score (nSPS) is 20.2. The van der Waals surface area contributed by atoms with Crippen molar-refractivity contribution in [1.29, 1.82) is 0 Å². The molecular formula is C27H30N4O2S2. The molecule has 2 aliphatic rings. The number of anilines is 1. The molecule has 182 valence electrons. The van der Waals surface area contributed by atoms with E-state index in [-0.39, 0.29) is 6.04 Å². The number of rotatable bonds is 6. The van der Waals surface area contributed by atoms with Gasteiger partial charge in [-0.3, -0.25) is 9.88 Å². The standard InChI is InChI=1S/C27H30N4O2S2/c32-35(33,23-19-21-5-1-2-7-25(21)28-20-23)31-12-4-6-22(31)10-13-29-14-16-30(17-15-29)26-8-3-9-27-24(26)11-18-34-27/h1-3,5,7-9,11,18-20,22H,4,6,10,12-17H2. The summed E-state index contributed by atoms with van der Waals surface area (Å²) < 4.78 is 30.1. The molecule has 4 aromatic rings. The van der Waals surface area contributed by atoms with Crippen LogP contribution in [0.5, 0.6) is 0 Å². The molecular weight excluding hydrogens is 476 g/mol. The Morgan fingerprint density at radius 1 is 0.971 bits per heavy atom. The van der Waals surface area contributed by atoms with Crippen molar-refractivity contribution in [3.8, 4) is 0 Å². The lowest BCUT2D eigenvalue weighted by molar-refractivity contribution is 0.232. The van der Waals surface area contributed by atoms with Crippen molar-refractivity contribution in [2.75, 3.05) is 44.2 Å². The molecule has 2 aromatic heterocycles. The minimum absolute atomic E-state index is 0.0593. The van der Waals surface area contributed by atoms with E-state index in [1.807, 2.05) is 24.3 Å². The average Bonchev–Trinajstić information content (AvgIpc) is 3.57. The number of sulfonamides is 1. The number of pyridine rings is 1. The largest absolute Gasteiger partial charge is 0.368 e. The van der Waals surface area contributed by atoms with Gasteiger partial charge in [0.1, 0.15) is 4.90 Å². The van der Waals surface area contributed by atoms with E-state index in [1.54, 1.807) is 21.7 Å². The molecule has 0 radical (unpaired) electrons. The van der Waals surface area contributed by atoms with E-state index in [4.69, 9.17) is 0 Å². The Hall–Kier alpha value is -2.52. The summed E-state index contributed by atoms with van der Waals surface area (Å²) in [7, 11) is -3.55. The van der Waals surface area contributed by atoms with E-state index in [1.165, 1.54) is 22.0 Å². The number of nitrogens with zero attached hydrogens (tertiary/aromatic N) is 4. The van der Waals surface area contributed by atoms with Crippen molar-refractivity contribution in [1.82, 2.24) is 14.2 Å². The number of piperazine rings is 1. The molecule has 2 fully saturated rings. The highest BCUT2D eigenvalue weighted by Crippen LogP contribution is 2.32. The van der Waals surface area contributed by atoms with Crippen LogP contribution in [0.2, 0.25) is 0 Å². The molecule has 2 aliphatic heterocycles. The van der Waals surface area contributed by atoms with Gasteiger partial charge in [0.05, 0.1) is 5.52 Å². The van der Waals surface area contributed by atoms with Crippen molar-refractivity contribution >= 4 is 48.0 Å². The number of aromatic nitrogens is 1. The summed E-state index contributed by atoms with van der Waals surface area (Å²) in [5.41, 5.74) is 2.15. The zero-order valence-electron chi connectivity index (χ0n) is 19.7. The Balaban J connectivity index is 1.09. The summed E-state index contributed by atoms with van der Waals surface area (Å²) in [4.78, 5) is 9.68. The third-order valence-electron chi connectivity index (χ3n) is 7.46. The van der Waals surface area contributed by atoms with Crippen LogP contribution in [0.3, 0.4) is 0 Å². The predicted molar refractivity (Wildman–Crippen MR) is 144 cm³/mol. The quantitative estimate of drug-likeness (QED) is 0.376. The number of para-hydroxylation sites is 1. The fourth-order valence-electron chi connectivity index (χ4n) is 5.54. The number of hydrogen-bond donors (Lipinski definition) is 0. The van der Waals surface area contributed by atoms with Gasteiger partial charge in [-0.15, -0.1) is 11.3 Å². The SMILES string of the molecule is O=S(=O)(c1cnc2ccccc2c1)N1CCCC1CCN1CCN(c2cccc3sccc23)CC1. The molecule has 4 heterocycles. The van der Waals surface area contributed by atoms with Crippen LogP contribution >= 0.6 is 11.3 Å². The van der Waals surface area contributed by atoms with E-state index < -0.39 is 10.0 Å². The van der Waals surface area contributed by atoms with Crippen LogP contribution in [-0.4, -0.2) is 67.9 Å². The summed E-state index contributed by atoms with van der Waals surface area (Å²) >= 11 is 1.79. The number of thiophene rings is 1. The highest BCUT2D eigenvalue weighted by Gasteiger charge is 2.35. The smallest absolute Gasteiger partial charge is 0.244 e. The van der Waals surface area contributed by atoms with Gasteiger partial charge in [-0.05, 0) is 61.5 Å². The Morgan fingerprint density at radius 2 is 1.83 bits per heavy atom. The van der Waals surface area contributed by atoms with Crippen LogP contribution in [0.1, 0.15) is 19.3 Å². The predicted octanol–water partition coefficient (Wildman–Crippen LogP) is 4.81. The summed E-state index contributed by atoms with van der Waals surface area (Å²) in [5, 5.41) is 4.38. The van der Waals surface area contributed by atoms with Crippen LogP contribution in [0, 0.1) is 0 Å². The van der Waals surface area contributed by atoms with Gasteiger partial charge in [-0.1, -0.05) is 24.3 Å². The zero-order valence-corrected chi connectivity index (χ0v) is 21.3. The van der Waals surface area contributed by atoms with Crippen molar-refractivity contribution in [2.24, 2.45) is 0 Å². The third kappa shape index (κ3) is 4.44. The van der Waals surface area contributed by atoms with Crippen molar-refractivity contribution < 1.29 is 8.42 Å². The summed E-state index contributed by atoms with van der Waals surface area (Å²) in [6, 6.07) is 18.3. The van der Waals surface area contributed by atoms with Gasteiger partial charge < -0.3 is 4.90 Å². The van der Waals surface area contributed by atoms with E-state index in [0.29, 0.717) is 11.4 Å². The van der Waals surface area contributed by atoms with Gasteiger partial charge in [0, 0.05) is 66.1 Å². The third-order valence-corrected chi connectivity index (χ3v) is 10.3. The van der Waals surface area contributed by atoms with Crippen LogP contribution in [-0.2, 0) is 10.0 Å². The van der Waals surface area contributed by atoms with Gasteiger partial charge in [-0.2, -0.15) is 4.31 Å². The first-order chi connectivity index (χ1) is 17.1. The van der Waals surface area contributed by atoms with Gasteiger partial charge in [-0.25, -0.2) is 8.42 Å². The Morgan fingerprint density at radius 3 is 2.71 bits per heavy atom. The fourth-order valence-corrected chi connectivity index (χ4v) is 8.05. The molecule has 0 saturated carbocycles. The summed E-state index contributed by atoms with van der Waals surface area (Å²) in [6.07, 6.45) is 4.24. The molecule has 0 spiro atoms. The first-order valence-electron chi connectivity index (χ1n) is 12.4. The maximum absolute atomic E-state index is 13.5. The van der Waals surface area contributed by atoms with Gasteiger partial charge >= 0.3 is 0 Å².